The van der Waals surface area contributed by atoms with Crippen molar-refractivity contribution >= 4 is 33.2 Å². The molecular weight excluding hydrogens is 332 g/mol. The maximum atomic E-state index is 12.4. The zero-order valence-corrected chi connectivity index (χ0v) is 13.5. The van der Waals surface area contributed by atoms with Crippen molar-refractivity contribution < 1.29 is 9.53 Å². The molecule has 2 rings (SSSR count). The molecule has 21 heavy (non-hydrogen) atoms. The predicted molar refractivity (Wildman–Crippen MR) is 88.6 cm³/mol. The molecule has 1 amide bonds. The number of anilines is 2. The van der Waals surface area contributed by atoms with Gasteiger partial charge in [0.2, 0.25) is 5.91 Å². The van der Waals surface area contributed by atoms with Crippen LogP contribution in [0.15, 0.2) is 46.9 Å². The van der Waals surface area contributed by atoms with Crippen molar-refractivity contribution in [3.63, 3.8) is 0 Å². The van der Waals surface area contributed by atoms with E-state index in [1.54, 1.807) is 19.2 Å². The first-order chi connectivity index (χ1) is 10.0. The highest BCUT2D eigenvalue weighted by Gasteiger charge is 2.16. The lowest BCUT2D eigenvalue weighted by atomic mass is 10.00. The summed E-state index contributed by atoms with van der Waals surface area (Å²) in [6.07, 6.45) is 0. The number of ether oxygens (including phenoxy) is 1. The molecule has 1 unspecified atom stereocenters. The Labute approximate surface area is 132 Å². The van der Waals surface area contributed by atoms with E-state index in [1.807, 2.05) is 37.3 Å². The van der Waals surface area contributed by atoms with Crippen LogP contribution < -0.4 is 15.8 Å². The summed E-state index contributed by atoms with van der Waals surface area (Å²) in [5.74, 6) is 0.284. The Morgan fingerprint density at radius 2 is 2.05 bits per heavy atom. The predicted octanol–water partition coefficient (Wildman–Crippen LogP) is 3.78. The lowest BCUT2D eigenvalue weighted by Crippen LogP contribution is -2.19. The van der Waals surface area contributed by atoms with Gasteiger partial charge >= 0.3 is 0 Å². The summed E-state index contributed by atoms with van der Waals surface area (Å²) in [6.45, 7) is 1.85. The monoisotopic (exact) mass is 348 g/mol. The number of rotatable bonds is 4. The highest BCUT2D eigenvalue weighted by molar-refractivity contribution is 9.10. The molecule has 0 saturated carbocycles. The van der Waals surface area contributed by atoms with Crippen LogP contribution in [0.4, 0.5) is 11.4 Å². The molecule has 0 radical (unpaired) electrons. The third-order valence-corrected chi connectivity index (χ3v) is 3.93. The van der Waals surface area contributed by atoms with Gasteiger partial charge in [0.05, 0.1) is 18.7 Å². The molecule has 5 heteroatoms. The van der Waals surface area contributed by atoms with E-state index < -0.39 is 0 Å². The Balaban J connectivity index is 2.18. The Kier molecular flexibility index (Phi) is 4.85. The van der Waals surface area contributed by atoms with Crippen LogP contribution in [0.5, 0.6) is 5.75 Å². The van der Waals surface area contributed by atoms with Crippen LogP contribution in [-0.2, 0) is 4.79 Å². The van der Waals surface area contributed by atoms with Gasteiger partial charge < -0.3 is 15.8 Å². The normalized spacial score (nSPS) is 11.8. The first kappa shape index (κ1) is 15.4. The number of nitrogens with two attached hydrogens (primary N) is 1. The average Bonchev–Trinajstić information content (AvgIpc) is 2.48. The minimum absolute atomic E-state index is 0.102. The van der Waals surface area contributed by atoms with Gasteiger partial charge in [0, 0.05) is 16.2 Å². The molecule has 0 aromatic heterocycles. The number of amides is 1. The van der Waals surface area contributed by atoms with Gasteiger partial charge in [-0.1, -0.05) is 12.1 Å². The van der Waals surface area contributed by atoms with Crippen LogP contribution in [0.2, 0.25) is 0 Å². The number of nitrogens with one attached hydrogen (secondary N) is 1. The van der Waals surface area contributed by atoms with Crippen LogP contribution in [0, 0.1) is 0 Å². The molecule has 0 aliphatic rings. The molecule has 0 aliphatic carbocycles. The summed E-state index contributed by atoms with van der Waals surface area (Å²) in [6, 6.07) is 12.8. The Morgan fingerprint density at radius 1 is 1.29 bits per heavy atom. The quantitative estimate of drug-likeness (QED) is 0.826. The molecule has 2 aromatic rings. The maximum absolute atomic E-state index is 12.4. The van der Waals surface area contributed by atoms with Crippen molar-refractivity contribution in [2.45, 2.75) is 12.8 Å². The molecule has 0 fully saturated rings. The largest absolute Gasteiger partial charge is 0.497 e. The van der Waals surface area contributed by atoms with Gasteiger partial charge in [-0.25, -0.2) is 0 Å². The summed E-state index contributed by atoms with van der Waals surface area (Å²) in [5, 5.41) is 2.90. The second-order valence-electron chi connectivity index (χ2n) is 4.73. The first-order valence-electron chi connectivity index (χ1n) is 6.51. The topological polar surface area (TPSA) is 64.3 Å². The number of methoxy groups -OCH3 is 1. The number of hydrogen-bond acceptors (Lipinski definition) is 3. The third-order valence-electron chi connectivity index (χ3n) is 3.24. The molecule has 0 saturated heterocycles. The van der Waals surface area contributed by atoms with Crippen LogP contribution in [0.1, 0.15) is 18.4 Å². The van der Waals surface area contributed by atoms with Gasteiger partial charge in [-0.15, -0.1) is 0 Å². The van der Waals surface area contributed by atoms with Gasteiger partial charge in [0.25, 0.3) is 0 Å². The summed E-state index contributed by atoms with van der Waals surface area (Å²) < 4.78 is 5.97. The van der Waals surface area contributed by atoms with Gasteiger partial charge in [0.1, 0.15) is 5.75 Å². The van der Waals surface area contributed by atoms with Crippen molar-refractivity contribution in [2.24, 2.45) is 0 Å². The minimum Gasteiger partial charge on any atom is -0.497 e. The van der Waals surface area contributed by atoms with Crippen LogP contribution in [-0.4, -0.2) is 13.0 Å². The van der Waals surface area contributed by atoms with E-state index in [2.05, 4.69) is 21.2 Å². The van der Waals surface area contributed by atoms with Crippen molar-refractivity contribution in [1.82, 2.24) is 0 Å². The smallest absolute Gasteiger partial charge is 0.231 e. The van der Waals surface area contributed by atoms with Gasteiger partial charge in [-0.2, -0.15) is 0 Å². The van der Waals surface area contributed by atoms with E-state index in [4.69, 9.17) is 10.5 Å². The van der Waals surface area contributed by atoms with Crippen molar-refractivity contribution in [2.75, 3.05) is 18.2 Å². The molecule has 0 bridgehead atoms. The average molecular weight is 349 g/mol. The van der Waals surface area contributed by atoms with Crippen LogP contribution in [0.25, 0.3) is 0 Å². The Morgan fingerprint density at radius 3 is 2.71 bits per heavy atom. The van der Waals surface area contributed by atoms with Crippen molar-refractivity contribution in [3.8, 4) is 5.75 Å². The number of hydrogen-bond donors (Lipinski definition) is 2. The van der Waals surface area contributed by atoms with Gasteiger partial charge in [-0.3, -0.25) is 4.79 Å². The molecule has 2 aromatic carbocycles. The summed E-state index contributed by atoms with van der Waals surface area (Å²) in [4.78, 5) is 12.4. The molecule has 110 valence electrons. The van der Waals surface area contributed by atoms with E-state index in [-0.39, 0.29) is 11.8 Å². The Bertz CT molecular complexity index is 658. The fourth-order valence-corrected chi connectivity index (χ4v) is 2.29. The second kappa shape index (κ2) is 6.63. The molecule has 0 spiro atoms. The lowest BCUT2D eigenvalue weighted by molar-refractivity contribution is -0.117. The zero-order chi connectivity index (χ0) is 15.4. The summed E-state index contributed by atoms with van der Waals surface area (Å²) in [7, 11) is 1.59. The minimum atomic E-state index is -0.299. The molecule has 4 nitrogen and oxygen atoms in total. The summed E-state index contributed by atoms with van der Waals surface area (Å²) >= 11 is 3.41. The number of nitrogen functional groups attached to an aromatic ring is 1. The van der Waals surface area contributed by atoms with E-state index in [9.17, 15) is 4.79 Å². The zero-order valence-electron chi connectivity index (χ0n) is 11.9. The number of halogens is 1. The Hall–Kier alpha value is -2.01. The fraction of sp³-hybridized carbons (Fsp3) is 0.188. The molecule has 0 heterocycles. The second-order valence-corrected chi connectivity index (χ2v) is 5.58. The van der Waals surface area contributed by atoms with Crippen LogP contribution >= 0.6 is 15.9 Å². The van der Waals surface area contributed by atoms with E-state index in [0.717, 1.165) is 10.0 Å². The van der Waals surface area contributed by atoms with E-state index >= 15 is 0 Å². The van der Waals surface area contributed by atoms with Gasteiger partial charge in [0.15, 0.2) is 0 Å². The highest BCUT2D eigenvalue weighted by atomic mass is 79.9. The first-order valence-corrected chi connectivity index (χ1v) is 7.30. The molecule has 0 aliphatic heterocycles. The maximum Gasteiger partial charge on any atom is 0.231 e. The third kappa shape index (κ3) is 3.76. The molecular formula is C16H17BrN2O2. The number of carbonyl (C=O) groups is 1. The highest BCUT2D eigenvalue weighted by Crippen LogP contribution is 2.28. The lowest BCUT2D eigenvalue weighted by Gasteiger charge is -2.14. The van der Waals surface area contributed by atoms with Crippen molar-refractivity contribution in [1.29, 1.82) is 0 Å². The van der Waals surface area contributed by atoms with E-state index in [1.165, 1.54) is 0 Å². The van der Waals surface area contributed by atoms with Crippen molar-refractivity contribution in [3.05, 3.63) is 52.5 Å². The standard InChI is InChI=1S/C16H17BrN2O2/c1-10(11-4-3-5-12(18)8-11)16(20)19-15-9-13(21-2)6-7-14(15)17/h3-10H,18H2,1-2H3,(H,19,20). The fourth-order valence-electron chi connectivity index (χ4n) is 1.95. The number of benzene rings is 2. The molecule has 3 N–H and O–H groups in total. The van der Waals surface area contributed by atoms with Gasteiger partial charge in [-0.05, 0) is 52.7 Å². The summed E-state index contributed by atoms with van der Waals surface area (Å²) in [5.41, 5.74) is 7.96. The SMILES string of the molecule is COc1ccc(Br)c(NC(=O)C(C)c2cccc(N)c2)c1. The van der Waals surface area contributed by atoms with E-state index in [0.29, 0.717) is 17.1 Å². The number of carbonyl (C=O) groups excluding carboxylic acids is 1. The molecule has 1 atom stereocenters. The van der Waals surface area contributed by atoms with Crippen LogP contribution in [0.3, 0.4) is 0 Å².